The Kier molecular flexibility index (Phi) is 5.24. The lowest BCUT2D eigenvalue weighted by Gasteiger charge is -2.31. The summed E-state index contributed by atoms with van der Waals surface area (Å²) in [6.07, 6.45) is -4.71. The first-order valence-corrected chi connectivity index (χ1v) is 9.31. The second-order valence-corrected chi connectivity index (χ2v) is 7.74. The van der Waals surface area contributed by atoms with E-state index in [1.807, 2.05) is 0 Å². The van der Waals surface area contributed by atoms with E-state index in [0.29, 0.717) is 6.07 Å². The average Bonchev–Trinajstić information content (AvgIpc) is 2.90. The van der Waals surface area contributed by atoms with Crippen molar-refractivity contribution in [2.75, 3.05) is 17.3 Å². The van der Waals surface area contributed by atoms with Gasteiger partial charge in [0.2, 0.25) is 0 Å². The fraction of sp³-hybridized carbons (Fsp3) is 0.400. The van der Waals surface area contributed by atoms with Gasteiger partial charge in [0, 0.05) is 6.54 Å². The third-order valence-corrected chi connectivity index (χ3v) is 5.66. The molecule has 0 aliphatic carbocycles. The minimum atomic E-state index is -4.71. The summed E-state index contributed by atoms with van der Waals surface area (Å²) in [6, 6.07) is 2.38. The predicted molar refractivity (Wildman–Crippen MR) is 87.5 cm³/mol. The molecule has 0 bridgehead atoms. The van der Waals surface area contributed by atoms with Gasteiger partial charge >= 0.3 is 12.1 Å². The molecule has 2 N–H and O–H groups in total. The SMILES string of the molecule is CCN1NC(C(=O)O)=C(C)N1c1ccc(C(F)(F)F)cc1S(=O)(=O)CC. The number of sulfone groups is 1. The molecule has 2 rings (SSSR count). The molecule has 1 aromatic carbocycles. The lowest BCUT2D eigenvalue weighted by Crippen LogP contribution is -2.44. The van der Waals surface area contributed by atoms with Gasteiger partial charge in [-0.15, -0.1) is 5.12 Å². The number of hydrogen-bond acceptors (Lipinski definition) is 6. The number of allylic oxidation sites excluding steroid dienone is 1. The van der Waals surface area contributed by atoms with Crippen LogP contribution in [0.5, 0.6) is 0 Å². The second kappa shape index (κ2) is 6.80. The molecule has 0 spiro atoms. The number of carbonyl (C=O) groups is 1. The standard InChI is InChI=1S/C15H18F3N3O4S/c1-4-20-19-13(14(22)23)9(3)21(20)11-7-6-10(15(16,17)18)8-12(11)26(24,25)5-2/h6-8,19H,4-5H2,1-3H3,(H,22,23). The minimum absolute atomic E-state index is 0.0528. The van der Waals surface area contributed by atoms with Crippen molar-refractivity contribution in [3.05, 3.63) is 35.2 Å². The quantitative estimate of drug-likeness (QED) is 0.794. The van der Waals surface area contributed by atoms with Crippen LogP contribution >= 0.6 is 0 Å². The Labute approximate surface area is 148 Å². The first-order valence-electron chi connectivity index (χ1n) is 7.66. The third-order valence-electron chi connectivity index (χ3n) is 3.91. The van der Waals surface area contributed by atoms with Gasteiger partial charge < -0.3 is 5.11 Å². The molecule has 1 aliphatic heterocycles. The summed E-state index contributed by atoms with van der Waals surface area (Å²) in [5, 5.41) is 11.8. The normalized spacial score (nSPS) is 16.2. The number of hydrazine groups is 2. The monoisotopic (exact) mass is 393 g/mol. The van der Waals surface area contributed by atoms with Crippen LogP contribution in [0.25, 0.3) is 0 Å². The van der Waals surface area contributed by atoms with Crippen molar-refractivity contribution >= 4 is 21.5 Å². The summed E-state index contributed by atoms with van der Waals surface area (Å²) in [4.78, 5) is 10.8. The smallest absolute Gasteiger partial charge is 0.416 e. The van der Waals surface area contributed by atoms with Crippen molar-refractivity contribution in [2.24, 2.45) is 0 Å². The predicted octanol–water partition coefficient (Wildman–Crippen LogP) is 2.38. The van der Waals surface area contributed by atoms with Crippen LogP contribution in [0.15, 0.2) is 34.5 Å². The van der Waals surface area contributed by atoms with Crippen LogP contribution in [0.2, 0.25) is 0 Å². The Morgan fingerprint density at radius 1 is 1.27 bits per heavy atom. The van der Waals surface area contributed by atoms with E-state index in [4.69, 9.17) is 0 Å². The number of alkyl halides is 3. The Morgan fingerprint density at radius 3 is 2.35 bits per heavy atom. The highest BCUT2D eigenvalue weighted by Gasteiger charge is 2.37. The highest BCUT2D eigenvalue weighted by molar-refractivity contribution is 7.91. The number of halogens is 3. The minimum Gasteiger partial charge on any atom is -0.476 e. The van der Waals surface area contributed by atoms with Crippen molar-refractivity contribution in [3.8, 4) is 0 Å². The average molecular weight is 393 g/mol. The molecule has 144 valence electrons. The molecule has 1 aromatic rings. The molecule has 0 saturated carbocycles. The molecule has 0 unspecified atom stereocenters. The van der Waals surface area contributed by atoms with E-state index in [1.54, 1.807) is 6.92 Å². The van der Waals surface area contributed by atoms with Crippen molar-refractivity contribution in [3.63, 3.8) is 0 Å². The number of carboxylic acids is 1. The maximum atomic E-state index is 13.0. The van der Waals surface area contributed by atoms with Gasteiger partial charge in [-0.1, -0.05) is 6.92 Å². The number of aliphatic carboxylic acids is 1. The van der Waals surface area contributed by atoms with E-state index in [9.17, 15) is 31.5 Å². The van der Waals surface area contributed by atoms with Crippen molar-refractivity contribution in [2.45, 2.75) is 31.8 Å². The number of rotatable bonds is 5. The second-order valence-electron chi connectivity index (χ2n) is 5.49. The zero-order valence-corrected chi connectivity index (χ0v) is 15.1. The van der Waals surface area contributed by atoms with Gasteiger partial charge in [0.15, 0.2) is 15.5 Å². The van der Waals surface area contributed by atoms with Crippen molar-refractivity contribution in [1.29, 1.82) is 0 Å². The highest BCUT2D eigenvalue weighted by atomic mass is 32.2. The molecular formula is C15H18F3N3O4S. The molecular weight excluding hydrogens is 375 g/mol. The van der Waals surface area contributed by atoms with Crippen LogP contribution in [0.1, 0.15) is 26.3 Å². The Balaban J connectivity index is 2.74. The van der Waals surface area contributed by atoms with E-state index in [-0.39, 0.29) is 23.6 Å². The van der Waals surface area contributed by atoms with Crippen LogP contribution in [0.4, 0.5) is 18.9 Å². The Hall–Kier alpha value is -2.27. The number of anilines is 1. The van der Waals surface area contributed by atoms with Gasteiger partial charge in [-0.05, 0) is 32.0 Å². The summed E-state index contributed by atoms with van der Waals surface area (Å²) in [5.74, 6) is -1.67. The molecule has 0 atom stereocenters. The molecule has 0 aromatic heterocycles. The maximum Gasteiger partial charge on any atom is 0.416 e. The molecule has 1 aliphatic rings. The number of nitrogens with zero attached hydrogens (tertiary/aromatic N) is 2. The fourth-order valence-electron chi connectivity index (χ4n) is 2.55. The van der Waals surface area contributed by atoms with E-state index in [0.717, 1.165) is 12.1 Å². The van der Waals surface area contributed by atoms with Crippen LogP contribution in [-0.4, -0.2) is 36.9 Å². The Bertz CT molecular complexity index is 865. The molecule has 1 heterocycles. The van der Waals surface area contributed by atoms with E-state index >= 15 is 0 Å². The van der Waals surface area contributed by atoms with Gasteiger partial charge in [0.1, 0.15) is 0 Å². The molecule has 0 saturated heterocycles. The zero-order chi connectivity index (χ0) is 19.9. The maximum absolute atomic E-state index is 13.0. The summed E-state index contributed by atoms with van der Waals surface area (Å²) in [5.41, 5.74) is 1.43. The fourth-order valence-corrected chi connectivity index (χ4v) is 3.64. The van der Waals surface area contributed by atoms with Crippen LogP contribution < -0.4 is 10.4 Å². The zero-order valence-electron chi connectivity index (χ0n) is 14.3. The molecule has 26 heavy (non-hydrogen) atoms. The molecule has 0 fully saturated rings. The largest absolute Gasteiger partial charge is 0.476 e. The summed E-state index contributed by atoms with van der Waals surface area (Å²) in [6.45, 7) is 4.67. The molecule has 11 heteroatoms. The van der Waals surface area contributed by atoms with Gasteiger partial charge in [-0.3, -0.25) is 10.4 Å². The number of benzene rings is 1. The lowest BCUT2D eigenvalue weighted by molar-refractivity contribution is -0.137. The molecule has 7 nitrogen and oxygen atoms in total. The third kappa shape index (κ3) is 3.49. The first-order chi connectivity index (χ1) is 11.9. The van der Waals surface area contributed by atoms with Crippen LogP contribution in [0.3, 0.4) is 0 Å². The van der Waals surface area contributed by atoms with E-state index < -0.39 is 38.2 Å². The molecule has 0 amide bonds. The Morgan fingerprint density at radius 2 is 1.88 bits per heavy atom. The highest BCUT2D eigenvalue weighted by Crippen LogP contribution is 2.38. The van der Waals surface area contributed by atoms with Crippen LogP contribution in [0, 0.1) is 0 Å². The van der Waals surface area contributed by atoms with Gasteiger partial charge in [0.05, 0.1) is 27.6 Å². The summed E-state index contributed by atoms with van der Waals surface area (Å²) in [7, 11) is -4.01. The number of nitrogens with one attached hydrogen (secondary N) is 1. The molecule has 0 radical (unpaired) electrons. The number of carboxylic acid groups (broad SMARTS) is 1. The van der Waals surface area contributed by atoms with Gasteiger partial charge in [-0.25, -0.2) is 13.2 Å². The van der Waals surface area contributed by atoms with Crippen molar-refractivity contribution < 1.29 is 31.5 Å². The van der Waals surface area contributed by atoms with Crippen LogP contribution in [-0.2, 0) is 20.8 Å². The van der Waals surface area contributed by atoms with Gasteiger partial charge in [0.25, 0.3) is 0 Å². The van der Waals surface area contributed by atoms with E-state index in [2.05, 4.69) is 5.43 Å². The van der Waals surface area contributed by atoms with Crippen molar-refractivity contribution in [1.82, 2.24) is 10.5 Å². The topological polar surface area (TPSA) is 90.0 Å². The summed E-state index contributed by atoms with van der Waals surface area (Å²) >= 11 is 0. The lowest BCUT2D eigenvalue weighted by atomic mass is 10.2. The van der Waals surface area contributed by atoms with E-state index in [1.165, 1.54) is 24.0 Å². The summed E-state index contributed by atoms with van der Waals surface area (Å²) < 4.78 is 63.9. The first kappa shape index (κ1) is 20.0. The van der Waals surface area contributed by atoms with Gasteiger partial charge in [-0.2, -0.15) is 13.2 Å². The number of hydrogen-bond donors (Lipinski definition) is 2.